The van der Waals surface area contributed by atoms with Gasteiger partial charge in [-0.25, -0.2) is 0 Å². The van der Waals surface area contributed by atoms with Gasteiger partial charge in [0.1, 0.15) is 0 Å². The van der Waals surface area contributed by atoms with Crippen molar-refractivity contribution in [3.8, 4) is 0 Å². The van der Waals surface area contributed by atoms with Gasteiger partial charge < -0.3 is 5.32 Å². The maximum Gasteiger partial charge on any atom is 0.0330 e. The van der Waals surface area contributed by atoms with E-state index in [4.69, 9.17) is 0 Å². The summed E-state index contributed by atoms with van der Waals surface area (Å²) < 4.78 is 0. The highest BCUT2D eigenvalue weighted by atomic mass is 32.1. The van der Waals surface area contributed by atoms with Crippen molar-refractivity contribution in [2.45, 2.75) is 45.8 Å². The average molecular weight is 240 g/mol. The van der Waals surface area contributed by atoms with Crippen molar-refractivity contribution in [1.29, 1.82) is 0 Å². The highest BCUT2D eigenvalue weighted by Crippen LogP contribution is 2.23. The van der Waals surface area contributed by atoms with Crippen LogP contribution in [0.2, 0.25) is 0 Å². The fourth-order valence-corrected chi connectivity index (χ4v) is 2.58. The van der Waals surface area contributed by atoms with Gasteiger partial charge in [0.05, 0.1) is 0 Å². The van der Waals surface area contributed by atoms with E-state index in [1.54, 1.807) is 0 Å². The van der Waals surface area contributed by atoms with E-state index in [0.717, 1.165) is 13.1 Å². The summed E-state index contributed by atoms with van der Waals surface area (Å²) in [6.07, 6.45) is 1.18. The summed E-state index contributed by atoms with van der Waals surface area (Å²) in [5, 5.41) is 3.19. The van der Waals surface area contributed by atoms with Crippen LogP contribution < -0.4 is 5.32 Å². The lowest BCUT2D eigenvalue weighted by atomic mass is 10.00. The van der Waals surface area contributed by atoms with Gasteiger partial charge in [0.2, 0.25) is 0 Å². The predicted molar refractivity (Wildman–Crippen MR) is 72.9 cm³/mol. The van der Waals surface area contributed by atoms with Crippen LogP contribution in [-0.2, 0) is 13.1 Å². The van der Waals surface area contributed by atoms with E-state index in [-0.39, 0.29) is 5.54 Å². The molecule has 0 atom stereocenters. The first-order valence-corrected chi connectivity index (χ1v) is 6.74. The lowest BCUT2D eigenvalue weighted by molar-refractivity contribution is 0.144. The number of nitrogens with one attached hydrogen (secondary N) is 1. The van der Waals surface area contributed by atoms with Gasteiger partial charge in [-0.05, 0) is 46.5 Å². The molecule has 0 aromatic carbocycles. The molecule has 0 bridgehead atoms. The van der Waals surface area contributed by atoms with E-state index in [2.05, 4.69) is 50.2 Å². The van der Waals surface area contributed by atoms with Crippen LogP contribution in [0, 0.1) is 0 Å². The van der Waals surface area contributed by atoms with Crippen molar-refractivity contribution in [3.63, 3.8) is 0 Å². The van der Waals surface area contributed by atoms with Gasteiger partial charge in [0.25, 0.3) is 0 Å². The molecular weight excluding hydrogens is 216 g/mol. The minimum Gasteiger partial charge on any atom is -0.315 e. The molecule has 1 N–H and O–H groups in total. The Hall–Kier alpha value is -0.380. The van der Waals surface area contributed by atoms with E-state index >= 15 is 0 Å². The Kier molecular flexibility index (Phi) is 4.96. The molecular formula is C13H24N2S. The van der Waals surface area contributed by atoms with Crippen LogP contribution in [-0.4, -0.2) is 24.5 Å². The molecule has 0 unspecified atom stereocenters. The second-order valence-electron chi connectivity index (χ2n) is 4.92. The van der Waals surface area contributed by atoms with Gasteiger partial charge in [0, 0.05) is 28.4 Å². The fraction of sp³-hybridized carbons (Fsp3) is 0.692. The first kappa shape index (κ1) is 13.7. The second-order valence-corrected chi connectivity index (χ2v) is 6.17. The fourth-order valence-electron chi connectivity index (χ4n) is 1.49. The smallest absolute Gasteiger partial charge is 0.0330 e. The van der Waals surface area contributed by atoms with Crippen LogP contribution in [0.4, 0.5) is 0 Å². The van der Waals surface area contributed by atoms with E-state index in [1.165, 1.54) is 16.2 Å². The van der Waals surface area contributed by atoms with Crippen molar-refractivity contribution >= 4 is 11.3 Å². The minimum absolute atomic E-state index is 0.285. The van der Waals surface area contributed by atoms with E-state index < -0.39 is 0 Å². The van der Waals surface area contributed by atoms with Crippen molar-refractivity contribution in [2.75, 3.05) is 14.1 Å². The third-order valence-electron chi connectivity index (χ3n) is 3.36. The zero-order valence-corrected chi connectivity index (χ0v) is 11.9. The molecule has 3 heteroatoms. The van der Waals surface area contributed by atoms with Crippen LogP contribution in [0.15, 0.2) is 12.1 Å². The quantitative estimate of drug-likeness (QED) is 0.822. The number of rotatable bonds is 6. The Balaban J connectivity index is 2.59. The SMILES string of the molecule is CCC(C)(C)N(C)Cc1ccc(CNC)s1. The molecule has 1 rings (SSSR count). The molecule has 0 saturated heterocycles. The summed E-state index contributed by atoms with van der Waals surface area (Å²) in [6, 6.07) is 4.48. The van der Waals surface area contributed by atoms with Crippen LogP contribution >= 0.6 is 11.3 Å². The second kappa shape index (κ2) is 5.80. The molecule has 0 saturated carbocycles. The van der Waals surface area contributed by atoms with Gasteiger partial charge in [-0.3, -0.25) is 4.90 Å². The molecule has 0 aliphatic heterocycles. The first-order valence-electron chi connectivity index (χ1n) is 5.93. The lowest BCUT2D eigenvalue weighted by Crippen LogP contribution is -2.39. The molecule has 0 aliphatic carbocycles. The minimum atomic E-state index is 0.285. The normalized spacial score (nSPS) is 12.4. The summed E-state index contributed by atoms with van der Waals surface area (Å²) in [6.45, 7) is 8.88. The molecule has 0 fully saturated rings. The van der Waals surface area contributed by atoms with Gasteiger partial charge in [-0.1, -0.05) is 6.92 Å². The monoisotopic (exact) mass is 240 g/mol. The highest BCUT2D eigenvalue weighted by molar-refractivity contribution is 7.11. The molecule has 16 heavy (non-hydrogen) atoms. The largest absolute Gasteiger partial charge is 0.315 e. The first-order chi connectivity index (χ1) is 7.49. The molecule has 1 heterocycles. The molecule has 2 nitrogen and oxygen atoms in total. The molecule has 1 aromatic rings. The van der Waals surface area contributed by atoms with Crippen molar-refractivity contribution < 1.29 is 0 Å². The lowest BCUT2D eigenvalue weighted by Gasteiger charge is -2.34. The zero-order chi connectivity index (χ0) is 12.2. The Morgan fingerprint density at radius 2 is 1.94 bits per heavy atom. The molecule has 0 spiro atoms. The maximum absolute atomic E-state index is 3.19. The van der Waals surface area contributed by atoms with E-state index in [1.807, 2.05) is 18.4 Å². The van der Waals surface area contributed by atoms with Crippen LogP contribution in [0.3, 0.4) is 0 Å². The summed E-state index contributed by atoms with van der Waals surface area (Å²) >= 11 is 1.91. The van der Waals surface area contributed by atoms with Crippen molar-refractivity contribution in [3.05, 3.63) is 21.9 Å². The van der Waals surface area contributed by atoms with Crippen LogP contribution in [0.25, 0.3) is 0 Å². The Morgan fingerprint density at radius 1 is 1.31 bits per heavy atom. The number of nitrogens with zero attached hydrogens (tertiary/aromatic N) is 1. The Labute approximate surface area is 104 Å². The molecule has 92 valence electrons. The predicted octanol–water partition coefficient (Wildman–Crippen LogP) is 3.09. The van der Waals surface area contributed by atoms with Gasteiger partial charge in [-0.15, -0.1) is 11.3 Å². The maximum atomic E-state index is 3.19. The number of hydrogen-bond acceptors (Lipinski definition) is 3. The van der Waals surface area contributed by atoms with Gasteiger partial charge in [-0.2, -0.15) is 0 Å². The summed E-state index contributed by atoms with van der Waals surface area (Å²) in [5.41, 5.74) is 0.285. The van der Waals surface area contributed by atoms with E-state index in [9.17, 15) is 0 Å². The summed E-state index contributed by atoms with van der Waals surface area (Å²) in [5.74, 6) is 0. The Morgan fingerprint density at radius 3 is 2.50 bits per heavy atom. The van der Waals surface area contributed by atoms with Crippen LogP contribution in [0.5, 0.6) is 0 Å². The third kappa shape index (κ3) is 3.58. The zero-order valence-electron chi connectivity index (χ0n) is 11.1. The number of hydrogen-bond donors (Lipinski definition) is 1. The molecule has 0 aliphatic rings. The van der Waals surface area contributed by atoms with Crippen LogP contribution in [0.1, 0.15) is 36.9 Å². The summed E-state index contributed by atoms with van der Waals surface area (Å²) in [7, 11) is 4.20. The third-order valence-corrected chi connectivity index (χ3v) is 4.43. The van der Waals surface area contributed by atoms with Gasteiger partial charge >= 0.3 is 0 Å². The molecule has 1 aromatic heterocycles. The highest BCUT2D eigenvalue weighted by Gasteiger charge is 2.21. The molecule has 0 radical (unpaired) electrons. The summed E-state index contributed by atoms with van der Waals surface area (Å²) in [4.78, 5) is 5.30. The van der Waals surface area contributed by atoms with Crippen molar-refractivity contribution in [1.82, 2.24) is 10.2 Å². The van der Waals surface area contributed by atoms with E-state index in [0.29, 0.717) is 0 Å². The standard InChI is InChI=1S/C13H24N2S/c1-6-13(2,3)15(5)10-12-8-7-11(16-12)9-14-4/h7-8,14H,6,9-10H2,1-5H3. The topological polar surface area (TPSA) is 15.3 Å². The van der Waals surface area contributed by atoms with Crippen molar-refractivity contribution in [2.24, 2.45) is 0 Å². The molecule has 0 amide bonds. The average Bonchev–Trinajstić information content (AvgIpc) is 2.66. The Bertz CT molecular complexity index is 317. The number of thiophene rings is 1. The van der Waals surface area contributed by atoms with Gasteiger partial charge in [0.15, 0.2) is 0 Å².